The van der Waals surface area contributed by atoms with Crippen molar-refractivity contribution in [2.24, 2.45) is 0 Å². The number of hydrogen-bond acceptors (Lipinski definition) is 6. The lowest BCUT2D eigenvalue weighted by Crippen LogP contribution is -2.45. The number of piperidine rings is 1. The van der Waals surface area contributed by atoms with Crippen LogP contribution in [0, 0.1) is 5.82 Å². The van der Waals surface area contributed by atoms with Crippen molar-refractivity contribution in [3.63, 3.8) is 0 Å². The van der Waals surface area contributed by atoms with Crippen LogP contribution in [0.2, 0.25) is 0 Å². The Hall–Kier alpha value is -2.10. The number of amides is 2. The lowest BCUT2D eigenvalue weighted by atomic mass is 10.1. The molecule has 0 atom stereocenters. The maximum absolute atomic E-state index is 13.3. The van der Waals surface area contributed by atoms with Crippen molar-refractivity contribution >= 4 is 22.5 Å². The molecular formula is C16H20FN5O2S. The zero-order valence-electron chi connectivity index (χ0n) is 13.9. The molecule has 0 saturated carbocycles. The first-order chi connectivity index (χ1) is 12.1. The van der Waals surface area contributed by atoms with E-state index < -0.39 is 0 Å². The van der Waals surface area contributed by atoms with E-state index in [0.29, 0.717) is 22.3 Å². The van der Waals surface area contributed by atoms with Gasteiger partial charge in [-0.05, 0) is 31.9 Å². The lowest BCUT2D eigenvalue weighted by molar-refractivity contribution is -0.166. The number of hydroxylamine groups is 2. The normalized spacial score (nSPS) is 15.9. The van der Waals surface area contributed by atoms with Crippen LogP contribution < -0.4 is 10.6 Å². The largest absolute Gasteiger partial charge is 0.335 e. The molecule has 1 aliphatic rings. The maximum atomic E-state index is 13.3. The number of hydrogen-bond donors (Lipinski definition) is 2. The second-order valence-electron chi connectivity index (χ2n) is 5.64. The van der Waals surface area contributed by atoms with Gasteiger partial charge in [-0.2, -0.15) is 5.06 Å². The van der Waals surface area contributed by atoms with Crippen molar-refractivity contribution in [3.05, 3.63) is 30.1 Å². The number of carbonyl (C=O) groups excluding carboxylic acids is 1. The quantitative estimate of drug-likeness (QED) is 0.852. The van der Waals surface area contributed by atoms with E-state index in [4.69, 9.17) is 4.84 Å². The van der Waals surface area contributed by atoms with Crippen molar-refractivity contribution in [2.75, 3.05) is 25.0 Å². The average molecular weight is 365 g/mol. The third-order valence-corrected chi connectivity index (χ3v) is 4.71. The lowest BCUT2D eigenvalue weighted by Gasteiger charge is -2.31. The van der Waals surface area contributed by atoms with Gasteiger partial charge in [-0.3, -0.25) is 10.2 Å². The van der Waals surface area contributed by atoms with E-state index in [2.05, 4.69) is 20.8 Å². The van der Waals surface area contributed by atoms with Gasteiger partial charge in [0.05, 0.1) is 6.61 Å². The van der Waals surface area contributed by atoms with E-state index in [9.17, 15) is 9.18 Å². The molecular weight excluding hydrogens is 345 g/mol. The van der Waals surface area contributed by atoms with Crippen LogP contribution in [0.15, 0.2) is 24.3 Å². The zero-order valence-corrected chi connectivity index (χ0v) is 14.7. The Morgan fingerprint density at radius 3 is 2.92 bits per heavy atom. The average Bonchev–Trinajstić information content (AvgIpc) is 3.05. The molecule has 0 radical (unpaired) electrons. The molecule has 9 heteroatoms. The van der Waals surface area contributed by atoms with E-state index in [1.165, 1.54) is 23.5 Å². The number of benzene rings is 1. The Morgan fingerprint density at radius 2 is 2.20 bits per heavy atom. The number of aromatic nitrogens is 2. The Morgan fingerprint density at radius 1 is 1.40 bits per heavy atom. The van der Waals surface area contributed by atoms with Crippen LogP contribution in [0.3, 0.4) is 0 Å². The van der Waals surface area contributed by atoms with Crippen molar-refractivity contribution in [3.8, 4) is 10.6 Å². The van der Waals surface area contributed by atoms with E-state index in [-0.39, 0.29) is 17.9 Å². The Labute approximate surface area is 149 Å². The highest BCUT2D eigenvalue weighted by Crippen LogP contribution is 2.26. The van der Waals surface area contributed by atoms with E-state index in [1.807, 2.05) is 12.0 Å². The van der Waals surface area contributed by atoms with Crippen molar-refractivity contribution in [1.29, 1.82) is 0 Å². The van der Waals surface area contributed by atoms with Gasteiger partial charge in [0.25, 0.3) is 0 Å². The fraction of sp³-hybridized carbons (Fsp3) is 0.438. The predicted molar refractivity (Wildman–Crippen MR) is 93.7 cm³/mol. The number of rotatable bonds is 5. The van der Waals surface area contributed by atoms with Crippen molar-refractivity contribution in [1.82, 2.24) is 20.6 Å². The molecule has 1 fully saturated rings. The highest BCUT2D eigenvalue weighted by Gasteiger charge is 2.21. The molecule has 3 rings (SSSR count). The van der Waals surface area contributed by atoms with Crippen LogP contribution in [0.25, 0.3) is 10.6 Å². The molecule has 1 aliphatic heterocycles. The third kappa shape index (κ3) is 4.94. The summed E-state index contributed by atoms with van der Waals surface area (Å²) in [6.45, 7) is 4.20. The zero-order chi connectivity index (χ0) is 17.6. The Kier molecular flexibility index (Phi) is 5.90. The summed E-state index contributed by atoms with van der Waals surface area (Å²) in [7, 11) is 0. The van der Waals surface area contributed by atoms with Crippen molar-refractivity contribution < 1.29 is 14.0 Å². The summed E-state index contributed by atoms with van der Waals surface area (Å²) in [6.07, 6.45) is 1.66. The van der Waals surface area contributed by atoms with Crippen molar-refractivity contribution in [2.45, 2.75) is 25.8 Å². The van der Waals surface area contributed by atoms with Crippen LogP contribution in [0.4, 0.5) is 14.3 Å². The summed E-state index contributed by atoms with van der Waals surface area (Å²) in [6, 6.07) is 5.91. The van der Waals surface area contributed by atoms with E-state index in [0.717, 1.165) is 25.9 Å². The number of halogens is 1. The van der Waals surface area contributed by atoms with Crippen LogP contribution in [-0.2, 0) is 4.84 Å². The summed E-state index contributed by atoms with van der Waals surface area (Å²) in [5.74, 6) is -0.335. The summed E-state index contributed by atoms with van der Waals surface area (Å²) >= 11 is 1.20. The predicted octanol–water partition coefficient (Wildman–Crippen LogP) is 2.88. The molecule has 0 bridgehead atoms. The van der Waals surface area contributed by atoms with Gasteiger partial charge >= 0.3 is 6.03 Å². The number of nitrogens with zero attached hydrogens (tertiary/aromatic N) is 3. The molecule has 134 valence electrons. The van der Waals surface area contributed by atoms with Gasteiger partial charge in [0.2, 0.25) is 5.13 Å². The van der Waals surface area contributed by atoms with Gasteiger partial charge in [0.15, 0.2) is 0 Å². The molecule has 2 N–H and O–H groups in total. The number of nitrogens with one attached hydrogen (secondary N) is 2. The van der Waals surface area contributed by atoms with Gasteiger partial charge in [-0.25, -0.2) is 9.18 Å². The molecule has 1 saturated heterocycles. The highest BCUT2D eigenvalue weighted by molar-refractivity contribution is 7.18. The summed E-state index contributed by atoms with van der Waals surface area (Å²) in [5.41, 5.74) is 0.634. The van der Waals surface area contributed by atoms with Gasteiger partial charge in [0, 0.05) is 24.7 Å². The molecule has 1 aromatic heterocycles. The number of carbonyl (C=O) groups is 1. The minimum Gasteiger partial charge on any atom is -0.335 e. The van der Waals surface area contributed by atoms with E-state index >= 15 is 0 Å². The monoisotopic (exact) mass is 365 g/mol. The Balaban J connectivity index is 1.51. The first-order valence-electron chi connectivity index (χ1n) is 8.19. The molecule has 2 aromatic rings. The topological polar surface area (TPSA) is 79.4 Å². The van der Waals surface area contributed by atoms with Crippen LogP contribution in [-0.4, -0.2) is 47.0 Å². The second-order valence-corrected chi connectivity index (χ2v) is 6.62. The second kappa shape index (κ2) is 8.32. The molecule has 0 spiro atoms. The first-order valence-corrected chi connectivity index (χ1v) is 9.00. The fourth-order valence-electron chi connectivity index (χ4n) is 2.64. The third-order valence-electron chi connectivity index (χ3n) is 3.82. The first kappa shape index (κ1) is 17.7. The van der Waals surface area contributed by atoms with Crippen LogP contribution in [0.5, 0.6) is 0 Å². The Bertz CT molecular complexity index is 718. The fourth-order valence-corrected chi connectivity index (χ4v) is 3.38. The smallest absolute Gasteiger partial charge is 0.321 e. The molecule has 2 amide bonds. The van der Waals surface area contributed by atoms with Gasteiger partial charge < -0.3 is 5.32 Å². The minimum absolute atomic E-state index is 0.104. The summed E-state index contributed by atoms with van der Waals surface area (Å²) < 4.78 is 13.3. The standard InChI is InChI=1S/C16H20FN5O2S/c1-2-24-22-8-6-13(7-9-22)18-15(23)19-16-21-20-14(25-16)11-4-3-5-12(17)10-11/h3-5,10,13H,2,6-9H2,1H3,(H2,18,19,21,23). The molecule has 0 unspecified atom stereocenters. The highest BCUT2D eigenvalue weighted by atomic mass is 32.1. The van der Waals surface area contributed by atoms with Gasteiger partial charge in [-0.15, -0.1) is 10.2 Å². The molecule has 2 heterocycles. The number of urea groups is 1. The minimum atomic E-state index is -0.335. The number of anilines is 1. The van der Waals surface area contributed by atoms with Gasteiger partial charge in [-0.1, -0.05) is 23.5 Å². The van der Waals surface area contributed by atoms with Crippen LogP contribution in [0.1, 0.15) is 19.8 Å². The summed E-state index contributed by atoms with van der Waals surface area (Å²) in [5, 5.41) is 16.4. The molecule has 1 aromatic carbocycles. The molecule has 7 nitrogen and oxygen atoms in total. The van der Waals surface area contributed by atoms with E-state index in [1.54, 1.807) is 12.1 Å². The van der Waals surface area contributed by atoms with Gasteiger partial charge in [0.1, 0.15) is 10.8 Å². The maximum Gasteiger partial charge on any atom is 0.321 e. The summed E-state index contributed by atoms with van der Waals surface area (Å²) in [4.78, 5) is 17.5. The SMILES string of the molecule is CCON1CCC(NC(=O)Nc2nnc(-c3cccc(F)c3)s2)CC1. The molecule has 0 aliphatic carbocycles. The molecule has 25 heavy (non-hydrogen) atoms. The van der Waals surface area contributed by atoms with Crippen LogP contribution >= 0.6 is 11.3 Å².